The van der Waals surface area contributed by atoms with Crippen molar-refractivity contribution in [3.63, 3.8) is 0 Å². The minimum atomic E-state index is -0.639. The van der Waals surface area contributed by atoms with Gasteiger partial charge in [0.1, 0.15) is 0 Å². The van der Waals surface area contributed by atoms with Gasteiger partial charge in [-0.3, -0.25) is 0 Å². The molecule has 100 valence electrons. The van der Waals surface area contributed by atoms with Crippen molar-refractivity contribution in [1.82, 2.24) is 4.98 Å². The summed E-state index contributed by atoms with van der Waals surface area (Å²) in [7, 11) is 1.59. The van der Waals surface area contributed by atoms with E-state index in [-0.39, 0.29) is 0 Å². The van der Waals surface area contributed by atoms with Gasteiger partial charge < -0.3 is 14.6 Å². The molecule has 1 aromatic carbocycles. The number of ether oxygens (including phenoxy) is 2. The second-order valence-electron chi connectivity index (χ2n) is 4.33. The number of aliphatic hydroxyl groups excluding tert-OH is 1. The van der Waals surface area contributed by atoms with E-state index in [0.717, 1.165) is 5.56 Å². The number of hydrogen-bond donors (Lipinski definition) is 1. The van der Waals surface area contributed by atoms with Crippen LogP contribution in [0.4, 0.5) is 0 Å². The molecule has 0 unspecified atom stereocenters. The highest BCUT2D eigenvalue weighted by atomic mass is 16.5. The Morgan fingerprint density at radius 3 is 2.68 bits per heavy atom. The Balaban J connectivity index is 2.36. The van der Waals surface area contributed by atoms with Gasteiger partial charge in [0.2, 0.25) is 5.88 Å². The van der Waals surface area contributed by atoms with E-state index in [2.05, 4.69) is 4.98 Å². The Morgan fingerprint density at radius 1 is 1.21 bits per heavy atom. The van der Waals surface area contributed by atoms with Crippen LogP contribution in [-0.4, -0.2) is 17.2 Å². The normalized spacial score (nSPS) is 12.0. The summed E-state index contributed by atoms with van der Waals surface area (Å²) in [5.74, 6) is 1.61. The molecule has 4 nitrogen and oxygen atoms in total. The summed E-state index contributed by atoms with van der Waals surface area (Å²) in [5, 5.41) is 9.70. The average molecular weight is 259 g/mol. The molecule has 0 amide bonds. The molecule has 0 aliphatic heterocycles. The van der Waals surface area contributed by atoms with Crippen LogP contribution in [0.3, 0.4) is 0 Å². The molecular weight excluding hydrogens is 242 g/mol. The summed E-state index contributed by atoms with van der Waals surface area (Å²) in [6, 6.07) is 9.20. The van der Waals surface area contributed by atoms with Gasteiger partial charge in [-0.15, -0.1) is 0 Å². The van der Waals surface area contributed by atoms with Crippen molar-refractivity contribution in [1.29, 1.82) is 0 Å². The Morgan fingerprint density at radius 2 is 2.00 bits per heavy atom. The van der Waals surface area contributed by atoms with Crippen LogP contribution in [0.15, 0.2) is 36.5 Å². The van der Waals surface area contributed by atoms with Crippen molar-refractivity contribution in [2.24, 2.45) is 0 Å². The van der Waals surface area contributed by atoms with Crippen molar-refractivity contribution in [2.45, 2.75) is 20.0 Å². The number of hydrogen-bond acceptors (Lipinski definition) is 4. The fourth-order valence-electron chi connectivity index (χ4n) is 1.77. The van der Waals surface area contributed by atoms with Gasteiger partial charge in [0, 0.05) is 11.8 Å². The van der Waals surface area contributed by atoms with Crippen LogP contribution in [0.1, 0.15) is 24.2 Å². The van der Waals surface area contributed by atoms with Gasteiger partial charge in [0.25, 0.3) is 0 Å². The highest BCUT2D eigenvalue weighted by Gasteiger charge is 2.13. The molecule has 0 fully saturated rings. The van der Waals surface area contributed by atoms with Gasteiger partial charge in [0.05, 0.1) is 13.2 Å². The summed E-state index contributed by atoms with van der Waals surface area (Å²) >= 11 is 0. The van der Waals surface area contributed by atoms with E-state index in [0.29, 0.717) is 22.9 Å². The monoisotopic (exact) mass is 259 g/mol. The first-order chi connectivity index (χ1) is 9.11. The lowest BCUT2D eigenvalue weighted by Crippen LogP contribution is -1.99. The fraction of sp³-hybridized carbons (Fsp3) is 0.267. The van der Waals surface area contributed by atoms with Crippen molar-refractivity contribution in [3.05, 3.63) is 47.7 Å². The van der Waals surface area contributed by atoms with E-state index in [1.165, 1.54) is 0 Å². The minimum absolute atomic E-state index is 0.389. The predicted octanol–water partition coefficient (Wildman–Crippen LogP) is 3.24. The summed E-state index contributed by atoms with van der Waals surface area (Å²) in [5.41, 5.74) is 1.73. The second kappa shape index (κ2) is 5.71. The topological polar surface area (TPSA) is 51.6 Å². The Labute approximate surface area is 112 Å². The number of rotatable bonds is 4. The standard InChI is InChI=1S/C15H17NO3/c1-10-6-7-13(14(9-10)18-3)19-15-12(11(2)17)5-4-8-16-15/h4-9,11,17H,1-3H3/t11-/m1/s1. The van der Waals surface area contributed by atoms with Crippen LogP contribution in [-0.2, 0) is 0 Å². The number of aromatic nitrogens is 1. The maximum Gasteiger partial charge on any atom is 0.225 e. The van der Waals surface area contributed by atoms with Crippen LogP contribution in [0, 0.1) is 6.92 Å². The van der Waals surface area contributed by atoms with Crippen molar-refractivity contribution in [3.8, 4) is 17.4 Å². The average Bonchev–Trinajstić information content (AvgIpc) is 2.41. The third-order valence-electron chi connectivity index (χ3n) is 2.78. The summed E-state index contributed by atoms with van der Waals surface area (Å²) in [6.45, 7) is 3.66. The molecule has 0 bridgehead atoms. The van der Waals surface area contributed by atoms with Gasteiger partial charge >= 0.3 is 0 Å². The molecule has 2 rings (SSSR count). The molecule has 0 saturated heterocycles. The smallest absolute Gasteiger partial charge is 0.225 e. The van der Waals surface area contributed by atoms with Gasteiger partial charge in [-0.25, -0.2) is 4.98 Å². The summed E-state index contributed by atoms with van der Waals surface area (Å²) < 4.78 is 11.0. The Hall–Kier alpha value is -2.07. The number of pyridine rings is 1. The van der Waals surface area contributed by atoms with Crippen molar-refractivity contribution in [2.75, 3.05) is 7.11 Å². The number of aryl methyl sites for hydroxylation is 1. The molecule has 0 spiro atoms. The van der Waals surface area contributed by atoms with E-state index in [1.54, 1.807) is 32.4 Å². The van der Waals surface area contributed by atoms with E-state index in [9.17, 15) is 5.11 Å². The van der Waals surface area contributed by atoms with E-state index < -0.39 is 6.10 Å². The first kappa shape index (κ1) is 13.4. The lowest BCUT2D eigenvalue weighted by atomic mass is 10.2. The first-order valence-electron chi connectivity index (χ1n) is 6.07. The van der Waals surface area contributed by atoms with Gasteiger partial charge in [0.15, 0.2) is 11.5 Å². The van der Waals surface area contributed by atoms with Crippen LogP contribution in [0.5, 0.6) is 17.4 Å². The molecule has 2 aromatic rings. The predicted molar refractivity (Wildman–Crippen MR) is 72.7 cm³/mol. The molecule has 1 aromatic heterocycles. The van der Waals surface area contributed by atoms with E-state index >= 15 is 0 Å². The lowest BCUT2D eigenvalue weighted by Gasteiger charge is -2.14. The number of aliphatic hydroxyl groups is 1. The van der Waals surface area contributed by atoms with Gasteiger partial charge in [-0.05, 0) is 43.7 Å². The van der Waals surface area contributed by atoms with Crippen LogP contribution in [0.25, 0.3) is 0 Å². The summed E-state index contributed by atoms with van der Waals surface area (Å²) in [4.78, 5) is 4.16. The molecule has 1 N–H and O–H groups in total. The fourth-order valence-corrected chi connectivity index (χ4v) is 1.77. The molecule has 0 radical (unpaired) electrons. The zero-order chi connectivity index (χ0) is 13.8. The highest BCUT2D eigenvalue weighted by molar-refractivity contribution is 5.45. The molecular formula is C15H17NO3. The van der Waals surface area contributed by atoms with Crippen LogP contribution >= 0.6 is 0 Å². The molecule has 0 saturated carbocycles. The van der Waals surface area contributed by atoms with Gasteiger partial charge in [-0.2, -0.15) is 0 Å². The zero-order valence-electron chi connectivity index (χ0n) is 11.3. The summed E-state index contributed by atoms with van der Waals surface area (Å²) in [6.07, 6.45) is 0.988. The van der Waals surface area contributed by atoms with Crippen molar-refractivity contribution < 1.29 is 14.6 Å². The molecule has 0 aliphatic carbocycles. The zero-order valence-corrected chi connectivity index (χ0v) is 11.3. The minimum Gasteiger partial charge on any atom is -0.493 e. The maximum absolute atomic E-state index is 9.70. The molecule has 1 heterocycles. The third kappa shape index (κ3) is 3.03. The van der Waals surface area contributed by atoms with Gasteiger partial charge in [-0.1, -0.05) is 6.07 Å². The number of benzene rings is 1. The quantitative estimate of drug-likeness (QED) is 0.915. The Kier molecular flexibility index (Phi) is 4.02. The van der Waals surface area contributed by atoms with Crippen molar-refractivity contribution >= 4 is 0 Å². The third-order valence-corrected chi connectivity index (χ3v) is 2.78. The largest absolute Gasteiger partial charge is 0.493 e. The lowest BCUT2D eigenvalue weighted by molar-refractivity contribution is 0.194. The second-order valence-corrected chi connectivity index (χ2v) is 4.33. The number of nitrogens with zero attached hydrogens (tertiary/aromatic N) is 1. The van der Waals surface area contributed by atoms with Crippen LogP contribution < -0.4 is 9.47 Å². The van der Waals surface area contributed by atoms with E-state index in [4.69, 9.17) is 9.47 Å². The first-order valence-corrected chi connectivity index (χ1v) is 6.07. The molecule has 1 atom stereocenters. The van der Waals surface area contributed by atoms with Crippen LogP contribution in [0.2, 0.25) is 0 Å². The van der Waals surface area contributed by atoms with E-state index in [1.807, 2.05) is 25.1 Å². The SMILES string of the molecule is COc1cc(C)ccc1Oc1ncccc1[C@@H](C)O. The molecule has 19 heavy (non-hydrogen) atoms. The highest BCUT2D eigenvalue weighted by Crippen LogP contribution is 2.34. The molecule has 4 heteroatoms. The Bertz CT molecular complexity index is 567. The molecule has 0 aliphatic rings. The number of methoxy groups -OCH3 is 1. The maximum atomic E-state index is 9.70.